The predicted octanol–water partition coefficient (Wildman–Crippen LogP) is 1.70. The standard InChI is InChI=1S/C13H18N2O3/c1-3-13(2,8-14)12(18)15-10-6-4-9(5-7-10)11(16)17/h4-7H,3,8,14H2,1-2H3,(H,15,18)(H,16,17). The molecular weight excluding hydrogens is 232 g/mol. The number of carboxylic acid groups (broad SMARTS) is 1. The molecule has 4 N–H and O–H groups in total. The van der Waals surface area contributed by atoms with Gasteiger partial charge in [0.05, 0.1) is 11.0 Å². The molecule has 1 aromatic rings. The zero-order valence-electron chi connectivity index (χ0n) is 10.6. The molecule has 0 bridgehead atoms. The molecule has 1 aromatic carbocycles. The minimum absolute atomic E-state index is 0.157. The van der Waals surface area contributed by atoms with Crippen molar-refractivity contribution in [2.24, 2.45) is 11.1 Å². The van der Waals surface area contributed by atoms with Crippen LogP contribution in [0.2, 0.25) is 0 Å². The molecule has 1 amide bonds. The van der Waals surface area contributed by atoms with Crippen molar-refractivity contribution < 1.29 is 14.7 Å². The Morgan fingerprint density at radius 1 is 1.33 bits per heavy atom. The van der Waals surface area contributed by atoms with Crippen molar-refractivity contribution in [1.82, 2.24) is 0 Å². The Balaban J connectivity index is 2.79. The van der Waals surface area contributed by atoms with E-state index in [0.29, 0.717) is 12.1 Å². The van der Waals surface area contributed by atoms with E-state index in [1.807, 2.05) is 6.92 Å². The van der Waals surface area contributed by atoms with Crippen LogP contribution in [0.4, 0.5) is 5.69 Å². The fourth-order valence-electron chi connectivity index (χ4n) is 1.38. The number of carbonyl (C=O) groups is 2. The molecule has 0 radical (unpaired) electrons. The first-order valence-corrected chi connectivity index (χ1v) is 5.78. The summed E-state index contributed by atoms with van der Waals surface area (Å²) in [6.07, 6.45) is 0.641. The van der Waals surface area contributed by atoms with Crippen LogP contribution in [0.15, 0.2) is 24.3 Å². The first-order valence-electron chi connectivity index (χ1n) is 5.78. The fraction of sp³-hybridized carbons (Fsp3) is 0.385. The van der Waals surface area contributed by atoms with E-state index in [-0.39, 0.29) is 18.0 Å². The van der Waals surface area contributed by atoms with Crippen molar-refractivity contribution in [1.29, 1.82) is 0 Å². The Labute approximate surface area is 106 Å². The van der Waals surface area contributed by atoms with Crippen LogP contribution >= 0.6 is 0 Å². The van der Waals surface area contributed by atoms with Gasteiger partial charge in [0.25, 0.3) is 0 Å². The second-order valence-electron chi connectivity index (χ2n) is 4.45. The molecule has 0 aliphatic rings. The van der Waals surface area contributed by atoms with Crippen LogP contribution in [0.3, 0.4) is 0 Å². The maximum atomic E-state index is 12.0. The summed E-state index contributed by atoms with van der Waals surface area (Å²) in [6, 6.07) is 6.02. The van der Waals surface area contributed by atoms with E-state index in [4.69, 9.17) is 10.8 Å². The molecule has 0 saturated heterocycles. The van der Waals surface area contributed by atoms with Gasteiger partial charge >= 0.3 is 5.97 Å². The van der Waals surface area contributed by atoms with Gasteiger partial charge < -0.3 is 16.2 Å². The molecule has 0 aliphatic carbocycles. The van der Waals surface area contributed by atoms with Crippen LogP contribution in [0, 0.1) is 5.41 Å². The van der Waals surface area contributed by atoms with Gasteiger partial charge in [0, 0.05) is 12.2 Å². The summed E-state index contributed by atoms with van der Waals surface area (Å²) in [5.74, 6) is -1.15. The Morgan fingerprint density at radius 2 is 1.89 bits per heavy atom. The van der Waals surface area contributed by atoms with Gasteiger partial charge in [-0.3, -0.25) is 4.79 Å². The lowest BCUT2D eigenvalue weighted by molar-refractivity contribution is -0.124. The highest BCUT2D eigenvalue weighted by Gasteiger charge is 2.29. The highest BCUT2D eigenvalue weighted by atomic mass is 16.4. The Kier molecular flexibility index (Phi) is 4.44. The van der Waals surface area contributed by atoms with Crippen LogP contribution in [0.25, 0.3) is 0 Å². The van der Waals surface area contributed by atoms with E-state index < -0.39 is 11.4 Å². The SMILES string of the molecule is CCC(C)(CN)C(=O)Nc1ccc(C(=O)O)cc1. The molecule has 0 aromatic heterocycles. The summed E-state index contributed by atoms with van der Waals surface area (Å²) in [5.41, 5.74) is 5.74. The van der Waals surface area contributed by atoms with Gasteiger partial charge in [-0.05, 0) is 37.6 Å². The first kappa shape index (κ1) is 14.2. The zero-order valence-corrected chi connectivity index (χ0v) is 10.6. The summed E-state index contributed by atoms with van der Waals surface area (Å²) in [5, 5.41) is 11.5. The second-order valence-corrected chi connectivity index (χ2v) is 4.45. The summed E-state index contributed by atoms with van der Waals surface area (Å²) in [6.45, 7) is 3.97. The lowest BCUT2D eigenvalue weighted by atomic mass is 9.86. The van der Waals surface area contributed by atoms with Gasteiger partial charge in [-0.15, -0.1) is 0 Å². The van der Waals surface area contributed by atoms with E-state index in [0.717, 1.165) is 0 Å². The number of hydrogen-bond donors (Lipinski definition) is 3. The third kappa shape index (κ3) is 3.07. The Hall–Kier alpha value is -1.88. The molecule has 1 rings (SSSR count). The molecule has 0 spiro atoms. The topological polar surface area (TPSA) is 92.4 Å². The van der Waals surface area contributed by atoms with Gasteiger partial charge in [0.1, 0.15) is 0 Å². The van der Waals surface area contributed by atoms with E-state index in [1.165, 1.54) is 12.1 Å². The zero-order chi connectivity index (χ0) is 13.8. The molecule has 1 atom stereocenters. The predicted molar refractivity (Wildman–Crippen MR) is 69.5 cm³/mol. The molecule has 0 heterocycles. The average molecular weight is 250 g/mol. The van der Waals surface area contributed by atoms with Crippen LogP contribution in [0.1, 0.15) is 30.6 Å². The van der Waals surface area contributed by atoms with Gasteiger partial charge in [-0.1, -0.05) is 6.92 Å². The number of aromatic carboxylic acids is 1. The third-order valence-corrected chi connectivity index (χ3v) is 3.17. The number of amides is 1. The van der Waals surface area contributed by atoms with Crippen molar-refractivity contribution in [3.05, 3.63) is 29.8 Å². The van der Waals surface area contributed by atoms with E-state index in [1.54, 1.807) is 19.1 Å². The average Bonchev–Trinajstić information content (AvgIpc) is 2.38. The highest BCUT2D eigenvalue weighted by molar-refractivity contribution is 5.96. The summed E-state index contributed by atoms with van der Waals surface area (Å²) in [4.78, 5) is 22.7. The second kappa shape index (κ2) is 5.64. The molecule has 0 aliphatic heterocycles. The number of nitrogens with two attached hydrogens (primary N) is 1. The Bertz CT molecular complexity index is 436. The smallest absolute Gasteiger partial charge is 0.335 e. The summed E-state index contributed by atoms with van der Waals surface area (Å²) < 4.78 is 0. The number of hydrogen-bond acceptors (Lipinski definition) is 3. The molecular formula is C13H18N2O3. The van der Waals surface area contributed by atoms with Gasteiger partial charge in [-0.25, -0.2) is 4.79 Å². The minimum atomic E-state index is -0.992. The normalized spacial score (nSPS) is 13.7. The van der Waals surface area contributed by atoms with Crippen molar-refractivity contribution in [2.75, 3.05) is 11.9 Å². The van der Waals surface area contributed by atoms with Gasteiger partial charge in [0.15, 0.2) is 0 Å². The number of carboxylic acids is 1. The number of benzene rings is 1. The largest absolute Gasteiger partial charge is 0.478 e. The van der Waals surface area contributed by atoms with Crippen LogP contribution in [-0.4, -0.2) is 23.5 Å². The Morgan fingerprint density at radius 3 is 2.28 bits per heavy atom. The van der Waals surface area contributed by atoms with Crippen molar-refractivity contribution in [3.8, 4) is 0 Å². The lowest BCUT2D eigenvalue weighted by Crippen LogP contribution is -2.39. The number of nitrogens with one attached hydrogen (secondary N) is 1. The molecule has 5 nitrogen and oxygen atoms in total. The minimum Gasteiger partial charge on any atom is -0.478 e. The van der Waals surface area contributed by atoms with Gasteiger partial charge in [0.2, 0.25) is 5.91 Å². The van der Waals surface area contributed by atoms with E-state index in [9.17, 15) is 9.59 Å². The molecule has 1 unspecified atom stereocenters. The lowest BCUT2D eigenvalue weighted by Gasteiger charge is -2.24. The number of carbonyl (C=O) groups excluding carboxylic acids is 1. The number of rotatable bonds is 5. The summed E-state index contributed by atoms with van der Waals surface area (Å²) >= 11 is 0. The monoisotopic (exact) mass is 250 g/mol. The molecule has 0 saturated carbocycles. The van der Waals surface area contributed by atoms with E-state index >= 15 is 0 Å². The van der Waals surface area contributed by atoms with E-state index in [2.05, 4.69) is 5.32 Å². The van der Waals surface area contributed by atoms with Crippen molar-refractivity contribution in [2.45, 2.75) is 20.3 Å². The molecule has 98 valence electrons. The summed E-state index contributed by atoms with van der Waals surface area (Å²) in [7, 11) is 0. The van der Waals surface area contributed by atoms with Gasteiger partial charge in [-0.2, -0.15) is 0 Å². The first-order chi connectivity index (χ1) is 8.42. The maximum absolute atomic E-state index is 12.0. The quantitative estimate of drug-likeness (QED) is 0.741. The van der Waals surface area contributed by atoms with Crippen LogP contribution in [-0.2, 0) is 4.79 Å². The third-order valence-electron chi connectivity index (χ3n) is 3.17. The molecule has 0 fully saturated rings. The molecule has 5 heteroatoms. The van der Waals surface area contributed by atoms with Crippen LogP contribution < -0.4 is 11.1 Å². The van der Waals surface area contributed by atoms with Crippen LogP contribution in [0.5, 0.6) is 0 Å². The maximum Gasteiger partial charge on any atom is 0.335 e. The number of anilines is 1. The van der Waals surface area contributed by atoms with Crippen molar-refractivity contribution in [3.63, 3.8) is 0 Å². The fourth-order valence-corrected chi connectivity index (χ4v) is 1.38. The molecule has 18 heavy (non-hydrogen) atoms. The van der Waals surface area contributed by atoms with Crippen molar-refractivity contribution >= 4 is 17.6 Å². The highest BCUT2D eigenvalue weighted by Crippen LogP contribution is 2.22.